The maximum Gasteiger partial charge on any atom is 0.251 e. The summed E-state index contributed by atoms with van der Waals surface area (Å²) >= 11 is 0. The van der Waals surface area contributed by atoms with Gasteiger partial charge in [0.25, 0.3) is 5.91 Å². The quantitative estimate of drug-likeness (QED) is 0.546. The molecule has 2 aromatic carbocycles. The zero-order valence-corrected chi connectivity index (χ0v) is 14.7. The molecule has 0 aliphatic heterocycles. The number of carbonyl (C=O) groups is 1. The van der Waals surface area contributed by atoms with E-state index in [1.807, 2.05) is 24.4 Å². The minimum absolute atomic E-state index is 0.114. The second-order valence-corrected chi connectivity index (χ2v) is 5.99. The van der Waals surface area contributed by atoms with E-state index in [2.05, 4.69) is 33.4 Å². The van der Waals surface area contributed by atoms with Gasteiger partial charge < -0.3 is 5.32 Å². The number of nitrogens with one attached hydrogen (secondary N) is 2. The molecule has 0 bridgehead atoms. The maximum atomic E-state index is 12.3. The SMILES string of the molecule is N#Cc1cccc(C#Cc2cccc(C(=O)NCCCc3cn[nH]c3)c2)c1. The molecule has 0 aliphatic carbocycles. The summed E-state index contributed by atoms with van der Waals surface area (Å²) in [5.41, 5.74) is 3.80. The van der Waals surface area contributed by atoms with E-state index in [4.69, 9.17) is 5.26 Å². The standard InChI is InChI=1S/C22H18N4O/c23-14-19-6-1-4-17(12-19)9-10-18-5-2-8-21(13-18)22(27)24-11-3-7-20-15-25-26-16-20/h1-2,4-6,8,12-13,15-16H,3,7,11H2,(H,24,27)(H,25,26). The lowest BCUT2D eigenvalue weighted by molar-refractivity contribution is 0.0953. The van der Waals surface area contributed by atoms with Gasteiger partial charge in [-0.15, -0.1) is 0 Å². The monoisotopic (exact) mass is 354 g/mol. The third-order valence-corrected chi connectivity index (χ3v) is 3.95. The van der Waals surface area contributed by atoms with Crippen LogP contribution < -0.4 is 5.32 Å². The molecule has 3 rings (SSSR count). The third-order valence-electron chi connectivity index (χ3n) is 3.95. The predicted molar refractivity (Wildman–Crippen MR) is 103 cm³/mol. The molecule has 1 aromatic heterocycles. The number of nitriles is 1. The van der Waals surface area contributed by atoms with Crippen molar-refractivity contribution >= 4 is 5.91 Å². The summed E-state index contributed by atoms with van der Waals surface area (Å²) in [4.78, 5) is 12.3. The van der Waals surface area contributed by atoms with Crippen molar-refractivity contribution in [2.75, 3.05) is 6.54 Å². The molecule has 0 fully saturated rings. The number of hydrogen-bond donors (Lipinski definition) is 2. The first-order valence-electron chi connectivity index (χ1n) is 8.63. The smallest absolute Gasteiger partial charge is 0.251 e. The summed E-state index contributed by atoms with van der Waals surface area (Å²) < 4.78 is 0. The normalized spacial score (nSPS) is 9.74. The van der Waals surface area contributed by atoms with Gasteiger partial charge in [0.15, 0.2) is 0 Å². The van der Waals surface area contributed by atoms with E-state index in [9.17, 15) is 4.79 Å². The number of carbonyl (C=O) groups excluding carboxylic acids is 1. The number of aryl methyl sites for hydroxylation is 1. The first-order valence-corrected chi connectivity index (χ1v) is 8.63. The van der Waals surface area contributed by atoms with Crippen LogP contribution in [-0.4, -0.2) is 22.6 Å². The van der Waals surface area contributed by atoms with Crippen molar-refractivity contribution in [2.24, 2.45) is 0 Å². The number of aromatic amines is 1. The molecular formula is C22H18N4O. The second-order valence-electron chi connectivity index (χ2n) is 5.99. The van der Waals surface area contributed by atoms with Gasteiger partial charge in [-0.1, -0.05) is 24.0 Å². The second kappa shape index (κ2) is 9.03. The summed E-state index contributed by atoms with van der Waals surface area (Å²) in [7, 11) is 0. The molecule has 1 heterocycles. The van der Waals surface area contributed by atoms with Gasteiger partial charge in [-0.2, -0.15) is 10.4 Å². The van der Waals surface area contributed by atoms with Crippen molar-refractivity contribution in [3.05, 3.63) is 88.7 Å². The fourth-order valence-corrected chi connectivity index (χ4v) is 2.56. The van der Waals surface area contributed by atoms with Crippen LogP contribution in [0.1, 0.15) is 39.0 Å². The molecule has 2 N–H and O–H groups in total. The molecule has 1 amide bonds. The molecule has 3 aromatic rings. The Morgan fingerprint density at radius 2 is 1.81 bits per heavy atom. The van der Waals surface area contributed by atoms with E-state index >= 15 is 0 Å². The minimum atomic E-state index is -0.114. The predicted octanol–water partition coefficient (Wildman–Crippen LogP) is 3.04. The van der Waals surface area contributed by atoms with Crippen LogP contribution in [0.15, 0.2) is 60.9 Å². The lowest BCUT2D eigenvalue weighted by Crippen LogP contribution is -2.24. The average Bonchev–Trinajstić information content (AvgIpc) is 3.23. The van der Waals surface area contributed by atoms with Gasteiger partial charge in [0.2, 0.25) is 0 Å². The molecule has 0 aliphatic rings. The molecule has 5 heteroatoms. The third kappa shape index (κ3) is 5.32. The molecule has 27 heavy (non-hydrogen) atoms. The number of benzene rings is 2. The largest absolute Gasteiger partial charge is 0.352 e. The van der Waals surface area contributed by atoms with Gasteiger partial charge in [-0.25, -0.2) is 0 Å². The van der Waals surface area contributed by atoms with Gasteiger partial charge in [0, 0.05) is 29.4 Å². The molecule has 0 unspecified atom stereocenters. The number of rotatable bonds is 5. The van der Waals surface area contributed by atoms with Crippen LogP contribution in [0.3, 0.4) is 0 Å². The van der Waals surface area contributed by atoms with Gasteiger partial charge in [-0.3, -0.25) is 9.89 Å². The Hall–Kier alpha value is -3.83. The van der Waals surface area contributed by atoms with E-state index in [0.29, 0.717) is 17.7 Å². The van der Waals surface area contributed by atoms with Crippen molar-refractivity contribution < 1.29 is 4.79 Å². The average molecular weight is 354 g/mol. The van der Waals surface area contributed by atoms with Gasteiger partial charge in [0.05, 0.1) is 17.8 Å². The summed E-state index contributed by atoms with van der Waals surface area (Å²) in [6, 6.07) is 16.4. The Labute approximate surface area is 158 Å². The number of aromatic nitrogens is 2. The van der Waals surface area contributed by atoms with Gasteiger partial charge in [0.1, 0.15) is 0 Å². The summed E-state index contributed by atoms with van der Waals surface area (Å²) in [5.74, 6) is 5.96. The lowest BCUT2D eigenvalue weighted by Gasteiger charge is -2.05. The van der Waals surface area contributed by atoms with E-state index in [1.165, 1.54) is 0 Å². The van der Waals surface area contributed by atoms with E-state index < -0.39 is 0 Å². The van der Waals surface area contributed by atoms with E-state index in [0.717, 1.165) is 29.5 Å². The Morgan fingerprint density at radius 1 is 1.07 bits per heavy atom. The fourth-order valence-electron chi connectivity index (χ4n) is 2.56. The highest BCUT2D eigenvalue weighted by Gasteiger charge is 2.05. The summed E-state index contributed by atoms with van der Waals surface area (Å²) in [5, 5.41) is 18.5. The minimum Gasteiger partial charge on any atom is -0.352 e. The first kappa shape index (κ1) is 18.0. The number of hydrogen-bond acceptors (Lipinski definition) is 3. The number of amides is 1. The molecular weight excluding hydrogens is 336 g/mol. The molecule has 0 saturated carbocycles. The topological polar surface area (TPSA) is 81.6 Å². The van der Waals surface area contributed by atoms with Crippen LogP contribution >= 0.6 is 0 Å². The molecule has 0 atom stereocenters. The zero-order chi connectivity index (χ0) is 18.9. The van der Waals surface area contributed by atoms with E-state index in [1.54, 1.807) is 36.5 Å². The molecule has 5 nitrogen and oxygen atoms in total. The van der Waals surface area contributed by atoms with Crippen molar-refractivity contribution in [3.63, 3.8) is 0 Å². The van der Waals surface area contributed by atoms with Gasteiger partial charge >= 0.3 is 0 Å². The Bertz CT molecular complexity index is 1020. The van der Waals surface area contributed by atoms with Crippen molar-refractivity contribution in [1.29, 1.82) is 5.26 Å². The Morgan fingerprint density at radius 3 is 2.56 bits per heavy atom. The maximum absolute atomic E-state index is 12.3. The highest BCUT2D eigenvalue weighted by Crippen LogP contribution is 2.07. The van der Waals surface area contributed by atoms with Gasteiger partial charge in [-0.05, 0) is 54.8 Å². The molecule has 132 valence electrons. The Balaban J connectivity index is 1.59. The van der Waals surface area contributed by atoms with Crippen molar-refractivity contribution in [1.82, 2.24) is 15.5 Å². The number of nitrogens with zero attached hydrogens (tertiary/aromatic N) is 2. The van der Waals surface area contributed by atoms with Crippen LogP contribution in [0.25, 0.3) is 0 Å². The Kier molecular flexibility index (Phi) is 6.01. The highest BCUT2D eigenvalue weighted by molar-refractivity contribution is 5.94. The van der Waals surface area contributed by atoms with Crippen molar-refractivity contribution in [2.45, 2.75) is 12.8 Å². The summed E-state index contributed by atoms with van der Waals surface area (Å²) in [6.45, 7) is 0.598. The zero-order valence-electron chi connectivity index (χ0n) is 14.7. The van der Waals surface area contributed by atoms with Crippen LogP contribution in [0, 0.1) is 23.2 Å². The molecule has 0 saturated heterocycles. The van der Waals surface area contributed by atoms with Crippen molar-refractivity contribution in [3.8, 4) is 17.9 Å². The number of H-pyrrole nitrogens is 1. The highest BCUT2D eigenvalue weighted by atomic mass is 16.1. The lowest BCUT2D eigenvalue weighted by atomic mass is 10.1. The van der Waals surface area contributed by atoms with Crippen LogP contribution in [0.2, 0.25) is 0 Å². The van der Waals surface area contributed by atoms with Crippen LogP contribution in [-0.2, 0) is 6.42 Å². The first-order chi connectivity index (χ1) is 13.2. The molecule has 0 spiro atoms. The molecule has 0 radical (unpaired) electrons. The van der Waals surface area contributed by atoms with Crippen LogP contribution in [0.5, 0.6) is 0 Å². The fraction of sp³-hybridized carbons (Fsp3) is 0.136. The van der Waals surface area contributed by atoms with E-state index in [-0.39, 0.29) is 5.91 Å². The summed E-state index contributed by atoms with van der Waals surface area (Å²) in [6.07, 6.45) is 5.36. The van der Waals surface area contributed by atoms with Crippen LogP contribution in [0.4, 0.5) is 0 Å².